The van der Waals surface area contributed by atoms with Crippen LogP contribution in [0.2, 0.25) is 0 Å². The zero-order valence-electron chi connectivity index (χ0n) is 12.1. The van der Waals surface area contributed by atoms with E-state index in [1.54, 1.807) is 23.1 Å². The topological polar surface area (TPSA) is 97.4 Å². The molecule has 0 aliphatic carbocycles. The monoisotopic (exact) mass is 293 g/mol. The Bertz CT molecular complexity index is 559. The van der Waals surface area contributed by atoms with E-state index in [4.69, 9.17) is 20.4 Å². The van der Waals surface area contributed by atoms with Crippen molar-refractivity contribution < 1.29 is 19.5 Å². The number of nitrogens with two attached hydrogens (primary N) is 1. The van der Waals surface area contributed by atoms with Crippen molar-refractivity contribution in [3.63, 3.8) is 0 Å². The van der Waals surface area contributed by atoms with Crippen LogP contribution in [0, 0.1) is 0 Å². The number of benzene rings is 1. The van der Waals surface area contributed by atoms with Gasteiger partial charge in [0.25, 0.3) is 5.91 Å². The Labute approximate surface area is 122 Å². The van der Waals surface area contributed by atoms with Gasteiger partial charge in [0.15, 0.2) is 5.84 Å². The minimum Gasteiger partial charge on any atom is -0.497 e. The van der Waals surface area contributed by atoms with Gasteiger partial charge in [0.05, 0.1) is 25.8 Å². The highest BCUT2D eigenvalue weighted by Crippen LogP contribution is 2.28. The van der Waals surface area contributed by atoms with E-state index in [-0.39, 0.29) is 11.7 Å². The molecule has 2 rings (SSSR count). The van der Waals surface area contributed by atoms with Crippen LogP contribution in [0.1, 0.15) is 23.2 Å². The lowest BCUT2D eigenvalue weighted by Crippen LogP contribution is -2.44. The van der Waals surface area contributed by atoms with Gasteiger partial charge in [0, 0.05) is 6.54 Å². The Hall–Kier alpha value is -2.44. The third-order valence-electron chi connectivity index (χ3n) is 3.61. The number of carbonyl (C=O) groups excluding carboxylic acids is 1. The Morgan fingerprint density at radius 1 is 1.43 bits per heavy atom. The minimum atomic E-state index is -0.390. The number of amidine groups is 1. The van der Waals surface area contributed by atoms with E-state index < -0.39 is 6.04 Å². The number of carbonyl (C=O) groups is 1. The Kier molecular flexibility index (Phi) is 4.52. The molecule has 0 bridgehead atoms. The first kappa shape index (κ1) is 15.0. The van der Waals surface area contributed by atoms with Crippen molar-refractivity contribution in [2.75, 3.05) is 20.8 Å². The number of amides is 1. The molecule has 0 radical (unpaired) electrons. The lowest BCUT2D eigenvalue weighted by atomic mass is 10.1. The number of hydrogen-bond donors (Lipinski definition) is 2. The second-order valence-corrected chi connectivity index (χ2v) is 4.75. The molecule has 1 unspecified atom stereocenters. The maximum atomic E-state index is 12.7. The van der Waals surface area contributed by atoms with Gasteiger partial charge < -0.3 is 25.3 Å². The van der Waals surface area contributed by atoms with Gasteiger partial charge in [-0.1, -0.05) is 5.16 Å². The molecular formula is C14H19N3O4. The van der Waals surface area contributed by atoms with Crippen LogP contribution < -0.4 is 15.2 Å². The van der Waals surface area contributed by atoms with Gasteiger partial charge in [-0.25, -0.2) is 0 Å². The summed E-state index contributed by atoms with van der Waals surface area (Å²) >= 11 is 0. The van der Waals surface area contributed by atoms with Gasteiger partial charge in [-0.3, -0.25) is 4.79 Å². The number of rotatable bonds is 4. The van der Waals surface area contributed by atoms with Crippen LogP contribution in [-0.2, 0) is 0 Å². The highest BCUT2D eigenvalue weighted by molar-refractivity contribution is 6.00. The van der Waals surface area contributed by atoms with Crippen LogP contribution in [0.5, 0.6) is 11.5 Å². The van der Waals surface area contributed by atoms with Gasteiger partial charge >= 0.3 is 0 Å². The molecule has 1 atom stereocenters. The zero-order chi connectivity index (χ0) is 15.4. The van der Waals surface area contributed by atoms with Gasteiger partial charge in [-0.15, -0.1) is 0 Å². The molecule has 1 fully saturated rings. The average Bonchev–Trinajstić information content (AvgIpc) is 3.02. The Morgan fingerprint density at radius 2 is 2.19 bits per heavy atom. The van der Waals surface area contributed by atoms with Crippen molar-refractivity contribution in [2.24, 2.45) is 10.9 Å². The fourth-order valence-corrected chi connectivity index (χ4v) is 2.52. The van der Waals surface area contributed by atoms with Crippen molar-refractivity contribution in [2.45, 2.75) is 18.9 Å². The second-order valence-electron chi connectivity index (χ2n) is 4.75. The zero-order valence-corrected chi connectivity index (χ0v) is 12.1. The number of likely N-dealkylation sites (tertiary alicyclic amines) is 1. The van der Waals surface area contributed by atoms with E-state index in [0.29, 0.717) is 30.0 Å². The van der Waals surface area contributed by atoms with Crippen LogP contribution >= 0.6 is 0 Å². The molecule has 1 amide bonds. The average molecular weight is 293 g/mol. The predicted octanol–water partition coefficient (Wildman–Crippen LogP) is 1.05. The maximum absolute atomic E-state index is 12.7. The summed E-state index contributed by atoms with van der Waals surface area (Å²) in [6.45, 7) is 0.556. The third-order valence-corrected chi connectivity index (χ3v) is 3.61. The molecule has 7 heteroatoms. The van der Waals surface area contributed by atoms with Crippen molar-refractivity contribution >= 4 is 11.7 Å². The third kappa shape index (κ3) is 2.86. The summed E-state index contributed by atoms with van der Waals surface area (Å²) in [7, 11) is 3.04. The molecule has 114 valence electrons. The molecule has 21 heavy (non-hydrogen) atoms. The molecule has 1 aromatic rings. The Morgan fingerprint density at radius 3 is 2.81 bits per heavy atom. The summed E-state index contributed by atoms with van der Waals surface area (Å²) in [4.78, 5) is 14.3. The van der Waals surface area contributed by atoms with Gasteiger partial charge in [-0.2, -0.15) is 0 Å². The molecule has 3 N–H and O–H groups in total. The first-order valence-electron chi connectivity index (χ1n) is 6.62. The number of ether oxygens (including phenoxy) is 2. The summed E-state index contributed by atoms with van der Waals surface area (Å²) in [5, 5.41) is 11.8. The van der Waals surface area contributed by atoms with Crippen molar-refractivity contribution in [3.8, 4) is 11.5 Å². The minimum absolute atomic E-state index is 0.0442. The first-order valence-corrected chi connectivity index (χ1v) is 6.62. The lowest BCUT2D eigenvalue weighted by Gasteiger charge is -2.24. The molecule has 7 nitrogen and oxygen atoms in total. The van der Waals surface area contributed by atoms with Crippen LogP contribution in [0.15, 0.2) is 23.4 Å². The fourth-order valence-electron chi connectivity index (χ4n) is 2.52. The Balaban J connectivity index is 2.35. The molecule has 0 spiro atoms. The number of hydrogen-bond acceptors (Lipinski definition) is 5. The summed E-state index contributed by atoms with van der Waals surface area (Å²) in [5.41, 5.74) is 6.06. The van der Waals surface area contributed by atoms with Gasteiger partial charge in [-0.05, 0) is 31.0 Å². The smallest absolute Gasteiger partial charge is 0.258 e. The van der Waals surface area contributed by atoms with E-state index >= 15 is 0 Å². The molecule has 1 aliphatic rings. The predicted molar refractivity (Wildman–Crippen MR) is 77.0 cm³/mol. The van der Waals surface area contributed by atoms with Crippen LogP contribution in [0.25, 0.3) is 0 Å². The van der Waals surface area contributed by atoms with Crippen molar-refractivity contribution in [1.82, 2.24) is 4.90 Å². The highest BCUT2D eigenvalue weighted by Gasteiger charge is 2.33. The molecule has 1 heterocycles. The summed E-state index contributed by atoms with van der Waals surface area (Å²) in [5.74, 6) is 0.854. The molecule has 1 aliphatic heterocycles. The molecule has 1 saturated heterocycles. The van der Waals surface area contributed by atoms with E-state index in [1.165, 1.54) is 14.2 Å². The molecule has 0 saturated carbocycles. The highest BCUT2D eigenvalue weighted by atomic mass is 16.5. The number of oxime groups is 1. The number of methoxy groups -OCH3 is 2. The largest absolute Gasteiger partial charge is 0.497 e. The van der Waals surface area contributed by atoms with E-state index in [0.717, 1.165) is 6.42 Å². The molecule has 0 aromatic heterocycles. The van der Waals surface area contributed by atoms with Crippen molar-refractivity contribution in [1.29, 1.82) is 0 Å². The van der Waals surface area contributed by atoms with Gasteiger partial charge in [0.1, 0.15) is 11.5 Å². The summed E-state index contributed by atoms with van der Waals surface area (Å²) in [6, 6.07) is 4.64. The lowest BCUT2D eigenvalue weighted by molar-refractivity contribution is 0.0764. The van der Waals surface area contributed by atoms with Crippen LogP contribution in [0.3, 0.4) is 0 Å². The molecular weight excluding hydrogens is 274 g/mol. The van der Waals surface area contributed by atoms with Crippen LogP contribution in [0.4, 0.5) is 0 Å². The standard InChI is InChI=1S/C14H19N3O4/c1-20-9-5-6-12(21-2)10(8-9)14(18)17-7-3-4-11(17)13(15)16-19/h5-6,8,11,19H,3-4,7H2,1-2H3,(H2,15,16). The summed E-state index contributed by atoms with van der Waals surface area (Å²) < 4.78 is 10.4. The SMILES string of the molecule is COc1ccc(OC)c(C(=O)N2CCCC2C(N)=NO)c1. The van der Waals surface area contributed by atoms with Crippen molar-refractivity contribution in [3.05, 3.63) is 23.8 Å². The maximum Gasteiger partial charge on any atom is 0.258 e. The normalized spacial score (nSPS) is 18.7. The quantitative estimate of drug-likeness (QED) is 0.374. The summed E-state index contributed by atoms with van der Waals surface area (Å²) in [6.07, 6.45) is 1.48. The number of nitrogens with zero attached hydrogens (tertiary/aromatic N) is 2. The fraction of sp³-hybridized carbons (Fsp3) is 0.429. The first-order chi connectivity index (χ1) is 10.1. The molecule has 1 aromatic carbocycles. The van der Waals surface area contributed by atoms with Gasteiger partial charge in [0.2, 0.25) is 0 Å². The second kappa shape index (κ2) is 6.34. The van der Waals surface area contributed by atoms with E-state index in [1.807, 2.05) is 0 Å². The van der Waals surface area contributed by atoms with E-state index in [9.17, 15) is 4.79 Å². The van der Waals surface area contributed by atoms with Crippen LogP contribution in [-0.4, -0.2) is 48.7 Å². The van der Waals surface area contributed by atoms with E-state index in [2.05, 4.69) is 5.16 Å².